The van der Waals surface area contributed by atoms with Gasteiger partial charge in [-0.2, -0.15) is 5.10 Å². The van der Waals surface area contributed by atoms with Crippen LogP contribution in [-0.4, -0.2) is 32.3 Å². The minimum absolute atomic E-state index is 0.338. The lowest BCUT2D eigenvalue weighted by atomic mass is 10.3. The Labute approximate surface area is 105 Å². The first-order chi connectivity index (χ1) is 8.61. The van der Waals surface area contributed by atoms with Gasteiger partial charge in [-0.3, -0.25) is 0 Å². The molecule has 0 atom stereocenters. The van der Waals surface area contributed by atoms with Crippen LogP contribution in [0.5, 0.6) is 0 Å². The van der Waals surface area contributed by atoms with Gasteiger partial charge in [-0.1, -0.05) is 0 Å². The van der Waals surface area contributed by atoms with Crippen LogP contribution in [0.1, 0.15) is 28.7 Å². The fourth-order valence-corrected chi connectivity index (χ4v) is 1.52. The normalized spacial score (nSPS) is 10.4. The third-order valence-electron chi connectivity index (χ3n) is 2.38. The number of aromatic nitrogens is 4. The summed E-state index contributed by atoms with van der Waals surface area (Å²) in [5.74, 6) is 0.0579. The van der Waals surface area contributed by atoms with E-state index in [4.69, 9.17) is 4.74 Å². The van der Waals surface area contributed by atoms with Crippen molar-refractivity contribution >= 4 is 5.97 Å². The molecule has 18 heavy (non-hydrogen) atoms. The summed E-state index contributed by atoms with van der Waals surface area (Å²) in [4.78, 5) is 20.0. The minimum Gasteiger partial charge on any atom is -0.462 e. The first-order valence-electron chi connectivity index (χ1n) is 5.65. The van der Waals surface area contributed by atoms with Crippen molar-refractivity contribution in [2.45, 2.75) is 20.8 Å². The number of hydrogen-bond acceptors (Lipinski definition) is 5. The second kappa shape index (κ2) is 4.95. The van der Waals surface area contributed by atoms with Gasteiger partial charge in [0.15, 0.2) is 0 Å². The van der Waals surface area contributed by atoms with E-state index in [1.54, 1.807) is 32.3 Å². The van der Waals surface area contributed by atoms with E-state index in [1.165, 1.54) is 4.68 Å². The van der Waals surface area contributed by atoms with E-state index >= 15 is 0 Å². The smallest absolute Gasteiger partial charge is 0.341 e. The van der Waals surface area contributed by atoms with Crippen molar-refractivity contribution in [2.24, 2.45) is 0 Å². The summed E-state index contributed by atoms with van der Waals surface area (Å²) in [5.41, 5.74) is 1.87. The summed E-state index contributed by atoms with van der Waals surface area (Å²) in [6.07, 6.45) is 3.24. The van der Waals surface area contributed by atoms with E-state index in [2.05, 4.69) is 15.1 Å². The number of esters is 1. The molecule has 0 fully saturated rings. The zero-order valence-corrected chi connectivity index (χ0v) is 10.5. The first-order valence-corrected chi connectivity index (χ1v) is 5.65. The van der Waals surface area contributed by atoms with Gasteiger partial charge in [0.05, 0.1) is 12.3 Å². The van der Waals surface area contributed by atoms with Gasteiger partial charge in [0.2, 0.25) is 0 Å². The van der Waals surface area contributed by atoms with E-state index in [-0.39, 0.29) is 5.97 Å². The molecule has 0 aliphatic heterocycles. The van der Waals surface area contributed by atoms with Crippen LogP contribution in [0, 0.1) is 13.8 Å². The Morgan fingerprint density at radius 2 is 2.22 bits per heavy atom. The van der Waals surface area contributed by atoms with E-state index in [1.807, 2.05) is 6.92 Å². The lowest BCUT2D eigenvalue weighted by Crippen LogP contribution is -2.05. The minimum atomic E-state index is -0.381. The summed E-state index contributed by atoms with van der Waals surface area (Å²) in [6, 6.07) is 1.80. The zero-order valence-electron chi connectivity index (χ0n) is 10.5. The van der Waals surface area contributed by atoms with Gasteiger partial charge in [0.1, 0.15) is 5.56 Å². The fraction of sp³-hybridized carbons (Fsp3) is 0.333. The van der Waals surface area contributed by atoms with Crippen molar-refractivity contribution in [3.8, 4) is 5.95 Å². The number of carbonyl (C=O) groups excluding carboxylic acids is 1. The number of aryl methyl sites for hydroxylation is 2. The Balaban J connectivity index is 2.37. The van der Waals surface area contributed by atoms with Gasteiger partial charge in [0, 0.05) is 18.1 Å². The van der Waals surface area contributed by atoms with Crippen molar-refractivity contribution in [3.63, 3.8) is 0 Å². The Hall–Kier alpha value is -2.24. The standard InChI is InChI=1S/C12H14N4O2/c1-4-18-11(17)10-7-16(15-9(10)3)12-13-6-5-8(2)14-12/h5-7H,4H2,1-3H3. The molecule has 0 aromatic carbocycles. The molecule has 0 saturated heterocycles. The van der Waals surface area contributed by atoms with Crippen molar-refractivity contribution in [3.05, 3.63) is 35.4 Å². The van der Waals surface area contributed by atoms with Crippen molar-refractivity contribution < 1.29 is 9.53 Å². The number of carbonyl (C=O) groups is 1. The highest BCUT2D eigenvalue weighted by molar-refractivity contribution is 5.90. The molecule has 0 N–H and O–H groups in total. The van der Waals surface area contributed by atoms with E-state index < -0.39 is 0 Å². The van der Waals surface area contributed by atoms with E-state index in [0.29, 0.717) is 23.8 Å². The molecule has 0 bridgehead atoms. The van der Waals surface area contributed by atoms with E-state index in [9.17, 15) is 4.79 Å². The summed E-state index contributed by atoms with van der Waals surface area (Å²) in [5, 5.41) is 4.22. The predicted molar refractivity (Wildman–Crippen MR) is 64.6 cm³/mol. The summed E-state index contributed by atoms with van der Waals surface area (Å²) in [6.45, 7) is 5.72. The Morgan fingerprint density at radius 3 is 2.89 bits per heavy atom. The molecule has 0 saturated carbocycles. The number of ether oxygens (including phenoxy) is 1. The van der Waals surface area contributed by atoms with Crippen molar-refractivity contribution in [1.29, 1.82) is 0 Å². The van der Waals surface area contributed by atoms with Crippen LogP contribution in [0.3, 0.4) is 0 Å². The summed E-state index contributed by atoms with van der Waals surface area (Å²) < 4.78 is 6.43. The second-order valence-corrected chi connectivity index (χ2v) is 3.79. The van der Waals surface area contributed by atoms with Crippen LogP contribution in [-0.2, 0) is 4.74 Å². The molecule has 6 nitrogen and oxygen atoms in total. The summed E-state index contributed by atoms with van der Waals surface area (Å²) >= 11 is 0. The molecule has 0 aliphatic rings. The third-order valence-corrected chi connectivity index (χ3v) is 2.38. The molecule has 2 rings (SSSR count). The molecule has 94 valence electrons. The molecular weight excluding hydrogens is 232 g/mol. The van der Waals surface area contributed by atoms with Gasteiger partial charge in [0.25, 0.3) is 5.95 Å². The number of hydrogen-bond donors (Lipinski definition) is 0. The fourth-order valence-electron chi connectivity index (χ4n) is 1.52. The third kappa shape index (κ3) is 2.37. The topological polar surface area (TPSA) is 69.9 Å². The van der Waals surface area contributed by atoms with Gasteiger partial charge < -0.3 is 4.74 Å². The zero-order chi connectivity index (χ0) is 13.1. The molecule has 0 aliphatic carbocycles. The van der Waals surface area contributed by atoms with Gasteiger partial charge in [-0.15, -0.1) is 0 Å². The average molecular weight is 246 g/mol. The highest BCUT2D eigenvalue weighted by Crippen LogP contribution is 2.10. The summed E-state index contributed by atoms with van der Waals surface area (Å²) in [7, 11) is 0. The van der Waals surface area contributed by atoms with Crippen LogP contribution in [0.15, 0.2) is 18.5 Å². The maximum Gasteiger partial charge on any atom is 0.341 e. The highest BCUT2D eigenvalue weighted by Gasteiger charge is 2.15. The lowest BCUT2D eigenvalue weighted by molar-refractivity contribution is 0.0525. The van der Waals surface area contributed by atoms with Gasteiger partial charge >= 0.3 is 5.97 Å². The molecule has 2 aromatic heterocycles. The number of nitrogens with zero attached hydrogens (tertiary/aromatic N) is 4. The molecule has 0 amide bonds. The van der Waals surface area contributed by atoms with Crippen molar-refractivity contribution in [1.82, 2.24) is 19.7 Å². The van der Waals surface area contributed by atoms with Gasteiger partial charge in [-0.05, 0) is 26.8 Å². The van der Waals surface area contributed by atoms with Crippen LogP contribution < -0.4 is 0 Å². The monoisotopic (exact) mass is 246 g/mol. The molecule has 2 aromatic rings. The first kappa shape index (κ1) is 12.2. The quantitative estimate of drug-likeness (QED) is 0.767. The largest absolute Gasteiger partial charge is 0.462 e. The predicted octanol–water partition coefficient (Wildman–Crippen LogP) is 1.46. The Bertz CT molecular complexity index is 577. The van der Waals surface area contributed by atoms with Crippen LogP contribution in [0.25, 0.3) is 5.95 Å². The average Bonchev–Trinajstić information content (AvgIpc) is 2.72. The Morgan fingerprint density at radius 1 is 1.44 bits per heavy atom. The van der Waals surface area contributed by atoms with Crippen LogP contribution in [0.4, 0.5) is 0 Å². The second-order valence-electron chi connectivity index (χ2n) is 3.79. The van der Waals surface area contributed by atoms with Gasteiger partial charge in [-0.25, -0.2) is 19.4 Å². The molecule has 6 heteroatoms. The lowest BCUT2D eigenvalue weighted by Gasteiger charge is -1.99. The van der Waals surface area contributed by atoms with Crippen LogP contribution >= 0.6 is 0 Å². The maximum absolute atomic E-state index is 11.7. The Kier molecular flexibility index (Phi) is 3.36. The number of rotatable bonds is 3. The maximum atomic E-state index is 11.7. The molecule has 0 radical (unpaired) electrons. The SMILES string of the molecule is CCOC(=O)c1cn(-c2nccc(C)n2)nc1C. The molecular formula is C12H14N4O2. The molecule has 0 unspecified atom stereocenters. The van der Waals surface area contributed by atoms with Crippen LogP contribution in [0.2, 0.25) is 0 Å². The molecule has 2 heterocycles. The molecule has 0 spiro atoms. The van der Waals surface area contributed by atoms with E-state index in [0.717, 1.165) is 5.69 Å². The highest BCUT2D eigenvalue weighted by atomic mass is 16.5. The van der Waals surface area contributed by atoms with Crippen molar-refractivity contribution in [2.75, 3.05) is 6.61 Å².